The molecule has 0 aromatic heterocycles. The van der Waals surface area contributed by atoms with Gasteiger partial charge in [0.05, 0.1) is 0 Å². The molecule has 1 unspecified atom stereocenters. The molecule has 1 rings (SSSR count). The Kier molecular flexibility index (Phi) is 7.46. The van der Waals surface area contributed by atoms with Gasteiger partial charge in [-0.05, 0) is 24.6 Å². The lowest BCUT2D eigenvalue weighted by atomic mass is 10.2. The Morgan fingerprint density at radius 3 is 2.62 bits per heavy atom. The van der Waals surface area contributed by atoms with Gasteiger partial charge in [-0.3, -0.25) is 4.79 Å². The summed E-state index contributed by atoms with van der Waals surface area (Å²) >= 11 is 11.6. The minimum atomic E-state index is -1.15. The number of carbonyl (C=O) groups is 1. The van der Waals surface area contributed by atoms with Gasteiger partial charge < -0.3 is 10.1 Å². The topological polar surface area (TPSA) is 62.1 Å². The summed E-state index contributed by atoms with van der Waals surface area (Å²) < 4.78 is 4.97. The van der Waals surface area contributed by atoms with Gasteiger partial charge in [0.15, 0.2) is 0 Å². The highest BCUT2D eigenvalue weighted by molar-refractivity contribution is 6.35. The Morgan fingerprint density at radius 1 is 1.38 bits per heavy atom. The lowest BCUT2D eigenvalue weighted by Crippen LogP contribution is -2.34. The molecule has 21 heavy (non-hydrogen) atoms. The van der Waals surface area contributed by atoms with Crippen LogP contribution in [0.15, 0.2) is 18.2 Å². The number of carbonyl (C=O) groups excluding carboxylic acids is 1. The van der Waals surface area contributed by atoms with Crippen molar-refractivity contribution in [3.8, 4) is 18.1 Å². The molecule has 0 bridgehead atoms. The van der Waals surface area contributed by atoms with E-state index in [1.54, 1.807) is 6.07 Å². The Bertz CT molecular complexity index is 580. The average molecular weight is 325 g/mol. The van der Waals surface area contributed by atoms with E-state index in [1.165, 1.54) is 18.2 Å². The molecule has 0 aliphatic carbocycles. The van der Waals surface area contributed by atoms with Gasteiger partial charge >= 0.3 is 0 Å². The van der Waals surface area contributed by atoms with Crippen LogP contribution in [-0.4, -0.2) is 12.1 Å². The summed E-state index contributed by atoms with van der Waals surface area (Å²) in [7, 11) is 0. The Balaban J connectivity index is 2.62. The van der Waals surface area contributed by atoms with Crippen molar-refractivity contribution in [3.63, 3.8) is 0 Å². The van der Waals surface area contributed by atoms with Gasteiger partial charge in [0.1, 0.15) is 12.2 Å². The minimum Gasteiger partial charge on any atom is -0.407 e. The van der Waals surface area contributed by atoms with Gasteiger partial charge in [0, 0.05) is 22.0 Å². The van der Waals surface area contributed by atoms with E-state index in [4.69, 9.17) is 33.2 Å². The molecule has 1 atom stereocenters. The molecule has 0 saturated heterocycles. The van der Waals surface area contributed by atoms with Crippen LogP contribution in [0, 0.1) is 23.4 Å². The predicted molar refractivity (Wildman–Crippen MR) is 81.7 cm³/mol. The van der Waals surface area contributed by atoms with Crippen LogP contribution in [0.25, 0.3) is 0 Å². The molecule has 1 N–H and O–H groups in total. The molecule has 0 aliphatic heterocycles. The molecule has 1 aromatic rings. The van der Waals surface area contributed by atoms with E-state index in [2.05, 4.69) is 24.3 Å². The van der Waals surface area contributed by atoms with E-state index in [-0.39, 0.29) is 5.56 Å². The minimum absolute atomic E-state index is 0.246. The maximum absolute atomic E-state index is 11.9. The van der Waals surface area contributed by atoms with Crippen molar-refractivity contribution in [1.29, 1.82) is 5.26 Å². The Labute approximate surface area is 134 Å². The maximum atomic E-state index is 11.9. The van der Waals surface area contributed by atoms with Gasteiger partial charge in [-0.15, -0.1) is 0 Å². The molecule has 1 aromatic carbocycles. The van der Waals surface area contributed by atoms with E-state index >= 15 is 0 Å². The van der Waals surface area contributed by atoms with E-state index in [9.17, 15) is 4.79 Å². The summed E-state index contributed by atoms with van der Waals surface area (Å²) in [4.78, 5) is 11.9. The van der Waals surface area contributed by atoms with Crippen molar-refractivity contribution in [2.24, 2.45) is 0 Å². The zero-order valence-electron chi connectivity index (χ0n) is 11.5. The molecule has 4 nitrogen and oxygen atoms in total. The first kappa shape index (κ1) is 17.2. The summed E-state index contributed by atoms with van der Waals surface area (Å²) in [5.74, 6) is 2.25. The summed E-state index contributed by atoms with van der Waals surface area (Å²) in [5.41, 5.74) is 0.246. The van der Waals surface area contributed by atoms with Crippen molar-refractivity contribution in [1.82, 2.24) is 5.32 Å². The summed E-state index contributed by atoms with van der Waals surface area (Å²) in [6, 6.07) is 6.21. The molecule has 0 aliphatic rings. The first-order valence-corrected chi connectivity index (χ1v) is 7.12. The van der Waals surface area contributed by atoms with E-state index in [1.807, 2.05) is 0 Å². The fraction of sp³-hybridized carbons (Fsp3) is 0.333. The van der Waals surface area contributed by atoms with Crippen LogP contribution in [0.3, 0.4) is 0 Å². The summed E-state index contributed by atoms with van der Waals surface area (Å²) in [6.07, 6.45) is 3.94. The number of amides is 1. The molecule has 6 heteroatoms. The number of halogens is 2. The van der Waals surface area contributed by atoms with Crippen LogP contribution >= 0.6 is 23.2 Å². The van der Waals surface area contributed by atoms with E-state index < -0.39 is 12.1 Å². The van der Waals surface area contributed by atoms with Gasteiger partial charge in [0.25, 0.3) is 12.1 Å². The fourth-order valence-electron chi connectivity index (χ4n) is 1.39. The monoisotopic (exact) mass is 324 g/mol. The van der Waals surface area contributed by atoms with E-state index in [0.29, 0.717) is 16.5 Å². The molecule has 0 radical (unpaired) electrons. The number of nitrogens with one attached hydrogen (secondary N) is 1. The number of hydrogen-bond donors (Lipinski definition) is 1. The summed E-state index contributed by atoms with van der Waals surface area (Å²) in [6.45, 7) is 2.05. The highest BCUT2D eigenvalue weighted by Crippen LogP contribution is 2.19. The third kappa shape index (κ3) is 6.40. The molecule has 0 heterocycles. The maximum Gasteiger partial charge on any atom is 0.271 e. The molecule has 0 fully saturated rings. The predicted octanol–water partition coefficient (Wildman–Crippen LogP) is 3.74. The number of benzene rings is 1. The standard InChI is InChI=1S/C15H14Cl2N2O2/c1-2-3-4-5-6-21-14(10-18)19-15(20)11-7-12(16)9-13(17)8-11/h7-9,14H,2-4H2,1H3,(H,19,20). The van der Waals surface area contributed by atoms with Crippen molar-refractivity contribution in [2.75, 3.05) is 0 Å². The zero-order valence-corrected chi connectivity index (χ0v) is 13.0. The molecule has 0 saturated carbocycles. The van der Waals surface area contributed by atoms with Gasteiger partial charge in [-0.1, -0.05) is 42.5 Å². The third-order valence-electron chi connectivity index (χ3n) is 2.41. The SMILES string of the molecule is CCCCC#COC(C#N)NC(=O)c1cc(Cl)cc(Cl)c1. The number of ether oxygens (including phenoxy) is 1. The van der Waals surface area contributed by atoms with Crippen LogP contribution in [0.2, 0.25) is 10.0 Å². The second kappa shape index (κ2) is 9.13. The first-order chi connectivity index (χ1) is 10.1. The fourth-order valence-corrected chi connectivity index (χ4v) is 1.92. The van der Waals surface area contributed by atoms with Crippen molar-refractivity contribution < 1.29 is 9.53 Å². The Hall–Kier alpha value is -1.88. The quantitative estimate of drug-likeness (QED) is 0.510. The average Bonchev–Trinajstić information content (AvgIpc) is 2.44. The normalized spacial score (nSPS) is 10.8. The van der Waals surface area contributed by atoms with Crippen LogP contribution in [0.5, 0.6) is 0 Å². The second-order valence-corrected chi connectivity index (χ2v) is 5.01. The van der Waals surface area contributed by atoms with Crippen LogP contribution in [0.1, 0.15) is 36.5 Å². The van der Waals surface area contributed by atoms with Crippen molar-refractivity contribution in [3.05, 3.63) is 33.8 Å². The lowest BCUT2D eigenvalue weighted by molar-refractivity contribution is 0.0856. The lowest BCUT2D eigenvalue weighted by Gasteiger charge is -2.09. The highest BCUT2D eigenvalue weighted by Gasteiger charge is 2.14. The van der Waals surface area contributed by atoms with Gasteiger partial charge in [-0.2, -0.15) is 5.26 Å². The number of nitriles is 1. The summed E-state index contributed by atoms with van der Waals surface area (Å²) in [5, 5.41) is 12.0. The van der Waals surface area contributed by atoms with E-state index in [0.717, 1.165) is 12.8 Å². The van der Waals surface area contributed by atoms with Gasteiger partial charge in [-0.25, -0.2) is 0 Å². The van der Waals surface area contributed by atoms with Crippen molar-refractivity contribution in [2.45, 2.75) is 32.4 Å². The zero-order chi connectivity index (χ0) is 15.7. The molecule has 0 spiro atoms. The molecule has 110 valence electrons. The third-order valence-corrected chi connectivity index (χ3v) is 2.84. The first-order valence-electron chi connectivity index (χ1n) is 6.37. The number of unbranched alkanes of at least 4 members (excludes halogenated alkanes) is 2. The molecular weight excluding hydrogens is 311 g/mol. The number of hydrogen-bond acceptors (Lipinski definition) is 3. The Morgan fingerprint density at radius 2 is 2.05 bits per heavy atom. The van der Waals surface area contributed by atoms with Gasteiger partial charge in [0.2, 0.25) is 0 Å². The van der Waals surface area contributed by atoms with Crippen LogP contribution in [-0.2, 0) is 4.74 Å². The smallest absolute Gasteiger partial charge is 0.271 e. The van der Waals surface area contributed by atoms with Crippen molar-refractivity contribution >= 4 is 29.1 Å². The number of nitrogens with zero attached hydrogens (tertiary/aromatic N) is 1. The largest absolute Gasteiger partial charge is 0.407 e. The highest BCUT2D eigenvalue weighted by atomic mass is 35.5. The van der Waals surface area contributed by atoms with Crippen LogP contribution in [0.4, 0.5) is 0 Å². The molecular formula is C15H14Cl2N2O2. The van der Waals surface area contributed by atoms with Crippen LogP contribution < -0.4 is 5.32 Å². The number of rotatable bonds is 5. The second-order valence-electron chi connectivity index (χ2n) is 4.14. The molecule has 1 amide bonds.